The molecule has 126 valence electrons. The predicted octanol–water partition coefficient (Wildman–Crippen LogP) is 4.05. The molecule has 0 bridgehead atoms. The quantitative estimate of drug-likeness (QED) is 0.840. The fraction of sp³-hybridized carbons (Fsp3) is 0.222. The second-order valence-electron chi connectivity index (χ2n) is 5.46. The fourth-order valence-electron chi connectivity index (χ4n) is 2.50. The second kappa shape index (κ2) is 8.18. The number of benzene rings is 2. The van der Waals surface area contributed by atoms with Gasteiger partial charge in [-0.25, -0.2) is 0 Å². The Bertz CT molecular complexity index is 651. The van der Waals surface area contributed by atoms with Gasteiger partial charge in [-0.05, 0) is 35.4 Å². The van der Waals surface area contributed by atoms with E-state index in [4.69, 9.17) is 23.2 Å². The van der Waals surface area contributed by atoms with Gasteiger partial charge in [-0.1, -0.05) is 47.5 Å². The minimum Gasteiger partial charge on any atom is -0.347 e. The summed E-state index contributed by atoms with van der Waals surface area (Å²) in [6, 6.07) is 13.4. The van der Waals surface area contributed by atoms with Crippen molar-refractivity contribution in [2.75, 3.05) is 0 Å². The molecule has 0 unspecified atom stereocenters. The first-order valence-electron chi connectivity index (χ1n) is 7.42. The molecule has 0 saturated heterocycles. The second-order valence-corrected chi connectivity index (χ2v) is 6.33. The Hall–Kier alpha value is -2.04. The van der Waals surface area contributed by atoms with Crippen molar-refractivity contribution < 1.29 is 9.59 Å². The zero-order valence-electron chi connectivity index (χ0n) is 13.3. The molecule has 2 amide bonds. The number of nitrogens with one attached hydrogen (secondary N) is 2. The minimum atomic E-state index is -0.440. The summed E-state index contributed by atoms with van der Waals surface area (Å²) in [6.45, 7) is 2.88. The van der Waals surface area contributed by atoms with Crippen LogP contribution < -0.4 is 10.6 Å². The molecule has 2 aromatic carbocycles. The molecular formula is C18H18Cl2N2O2. The number of carbonyl (C=O) groups excluding carboxylic acids is 2. The zero-order valence-corrected chi connectivity index (χ0v) is 14.9. The molecule has 4 nitrogen and oxygen atoms in total. The lowest BCUT2D eigenvalue weighted by Crippen LogP contribution is -2.39. The lowest BCUT2D eigenvalue weighted by Gasteiger charge is -2.29. The maximum absolute atomic E-state index is 11.7. The Morgan fingerprint density at radius 1 is 0.708 bits per heavy atom. The monoisotopic (exact) mass is 364 g/mol. The number of hydrogen-bond donors (Lipinski definition) is 2. The fourth-order valence-corrected chi connectivity index (χ4v) is 2.75. The molecule has 2 rings (SSSR count). The Kier molecular flexibility index (Phi) is 6.23. The van der Waals surface area contributed by atoms with E-state index < -0.39 is 12.1 Å². The Morgan fingerprint density at radius 3 is 1.25 bits per heavy atom. The molecule has 0 aliphatic heterocycles. The lowest BCUT2D eigenvalue weighted by atomic mass is 9.93. The average Bonchev–Trinajstić information content (AvgIpc) is 2.52. The van der Waals surface area contributed by atoms with E-state index in [0.717, 1.165) is 11.1 Å². The summed E-state index contributed by atoms with van der Waals surface area (Å²) in [5.41, 5.74) is 1.67. The summed E-state index contributed by atoms with van der Waals surface area (Å²) in [4.78, 5) is 23.4. The number of rotatable bonds is 5. The van der Waals surface area contributed by atoms with Crippen LogP contribution in [0.2, 0.25) is 10.0 Å². The van der Waals surface area contributed by atoms with Gasteiger partial charge >= 0.3 is 0 Å². The Morgan fingerprint density at radius 2 is 1.00 bits per heavy atom. The lowest BCUT2D eigenvalue weighted by molar-refractivity contribution is -0.122. The van der Waals surface area contributed by atoms with Crippen molar-refractivity contribution in [1.82, 2.24) is 10.6 Å². The highest BCUT2D eigenvalue weighted by Crippen LogP contribution is 2.30. The molecule has 0 heterocycles. The van der Waals surface area contributed by atoms with E-state index in [1.165, 1.54) is 13.8 Å². The van der Waals surface area contributed by atoms with Gasteiger partial charge in [-0.3, -0.25) is 9.59 Å². The summed E-state index contributed by atoms with van der Waals surface area (Å²) < 4.78 is 0. The molecule has 24 heavy (non-hydrogen) atoms. The SMILES string of the molecule is CC(=O)N[C@@H](c1ccc(Cl)cc1)[C@@H](NC(C)=O)c1ccc(Cl)cc1. The summed E-state index contributed by atoms with van der Waals surface area (Å²) in [5, 5.41) is 7.01. The van der Waals surface area contributed by atoms with Crippen LogP contribution in [-0.4, -0.2) is 11.8 Å². The molecule has 0 radical (unpaired) electrons. The summed E-state index contributed by atoms with van der Waals surface area (Å²) in [5.74, 6) is -0.390. The van der Waals surface area contributed by atoms with Crippen LogP contribution >= 0.6 is 23.2 Å². The zero-order chi connectivity index (χ0) is 17.7. The first kappa shape index (κ1) is 18.3. The van der Waals surface area contributed by atoms with E-state index in [2.05, 4.69) is 10.6 Å². The molecule has 2 atom stereocenters. The maximum Gasteiger partial charge on any atom is 0.217 e. The predicted molar refractivity (Wildman–Crippen MR) is 96.0 cm³/mol. The van der Waals surface area contributed by atoms with Crippen LogP contribution in [0.3, 0.4) is 0 Å². The van der Waals surface area contributed by atoms with E-state index >= 15 is 0 Å². The maximum atomic E-state index is 11.7. The third-order valence-electron chi connectivity index (χ3n) is 3.51. The van der Waals surface area contributed by atoms with Crippen LogP contribution in [0.5, 0.6) is 0 Å². The number of amides is 2. The number of halogens is 2. The van der Waals surface area contributed by atoms with Crippen molar-refractivity contribution in [3.63, 3.8) is 0 Å². The van der Waals surface area contributed by atoms with Crippen LogP contribution in [0.1, 0.15) is 37.1 Å². The van der Waals surface area contributed by atoms with Gasteiger partial charge < -0.3 is 10.6 Å². The van der Waals surface area contributed by atoms with Gasteiger partial charge in [0.1, 0.15) is 0 Å². The number of hydrogen-bond acceptors (Lipinski definition) is 2. The topological polar surface area (TPSA) is 58.2 Å². The van der Waals surface area contributed by atoms with Crippen LogP contribution in [0.15, 0.2) is 48.5 Å². The van der Waals surface area contributed by atoms with E-state index in [-0.39, 0.29) is 11.8 Å². The largest absolute Gasteiger partial charge is 0.347 e. The molecule has 2 aromatic rings. The van der Waals surface area contributed by atoms with Crippen LogP contribution in [-0.2, 0) is 9.59 Å². The molecule has 0 fully saturated rings. The van der Waals surface area contributed by atoms with Gasteiger partial charge in [0.05, 0.1) is 12.1 Å². The number of carbonyl (C=O) groups is 2. The van der Waals surface area contributed by atoms with Gasteiger partial charge in [-0.15, -0.1) is 0 Å². The van der Waals surface area contributed by atoms with Crippen molar-refractivity contribution in [3.05, 3.63) is 69.7 Å². The van der Waals surface area contributed by atoms with Crippen LogP contribution in [0.4, 0.5) is 0 Å². The Labute approximate surface area is 151 Å². The van der Waals surface area contributed by atoms with Gasteiger partial charge in [0.15, 0.2) is 0 Å². The summed E-state index contributed by atoms with van der Waals surface area (Å²) >= 11 is 11.9. The first-order valence-corrected chi connectivity index (χ1v) is 8.17. The summed E-state index contributed by atoms with van der Waals surface area (Å²) in [6.07, 6.45) is 0. The van der Waals surface area contributed by atoms with E-state index in [1.807, 2.05) is 24.3 Å². The van der Waals surface area contributed by atoms with Crippen molar-refractivity contribution in [1.29, 1.82) is 0 Å². The average molecular weight is 365 g/mol. The first-order chi connectivity index (χ1) is 11.4. The molecule has 2 N–H and O–H groups in total. The van der Waals surface area contributed by atoms with E-state index in [0.29, 0.717) is 10.0 Å². The van der Waals surface area contributed by atoms with Gasteiger partial charge in [-0.2, -0.15) is 0 Å². The van der Waals surface area contributed by atoms with Gasteiger partial charge in [0, 0.05) is 23.9 Å². The molecule has 0 saturated carbocycles. The third-order valence-corrected chi connectivity index (χ3v) is 4.01. The van der Waals surface area contributed by atoms with Crippen LogP contribution in [0, 0.1) is 0 Å². The molecular weight excluding hydrogens is 347 g/mol. The third kappa shape index (κ3) is 4.98. The van der Waals surface area contributed by atoms with Crippen molar-refractivity contribution in [2.24, 2.45) is 0 Å². The van der Waals surface area contributed by atoms with E-state index in [9.17, 15) is 9.59 Å². The smallest absolute Gasteiger partial charge is 0.217 e. The van der Waals surface area contributed by atoms with Crippen LogP contribution in [0.25, 0.3) is 0 Å². The van der Waals surface area contributed by atoms with Crippen molar-refractivity contribution in [2.45, 2.75) is 25.9 Å². The van der Waals surface area contributed by atoms with E-state index in [1.54, 1.807) is 24.3 Å². The minimum absolute atomic E-state index is 0.195. The van der Waals surface area contributed by atoms with Crippen molar-refractivity contribution in [3.8, 4) is 0 Å². The molecule has 0 aliphatic carbocycles. The highest BCUT2D eigenvalue weighted by atomic mass is 35.5. The molecule has 6 heteroatoms. The van der Waals surface area contributed by atoms with Gasteiger partial charge in [0.25, 0.3) is 0 Å². The van der Waals surface area contributed by atoms with Crippen molar-refractivity contribution >= 4 is 35.0 Å². The highest BCUT2D eigenvalue weighted by Gasteiger charge is 2.26. The molecule has 0 aromatic heterocycles. The normalized spacial score (nSPS) is 13.0. The standard InChI is InChI=1S/C18H18Cl2N2O2/c1-11(23)21-17(13-3-7-15(19)8-4-13)18(22-12(2)24)14-5-9-16(20)10-6-14/h3-10,17-18H,1-2H3,(H,21,23)(H,22,24)/t17-,18-/m0/s1. The Balaban J connectivity index is 2.46. The summed E-state index contributed by atoms with van der Waals surface area (Å²) in [7, 11) is 0. The highest BCUT2D eigenvalue weighted by molar-refractivity contribution is 6.30. The molecule has 0 spiro atoms. The van der Waals surface area contributed by atoms with Gasteiger partial charge in [0.2, 0.25) is 11.8 Å². The molecule has 0 aliphatic rings.